The summed E-state index contributed by atoms with van der Waals surface area (Å²) in [6.45, 7) is 3.11. The number of carbonyl (C=O) groups excluding carboxylic acids is 2. The van der Waals surface area contributed by atoms with Gasteiger partial charge in [0.05, 0.1) is 6.61 Å². The van der Waals surface area contributed by atoms with Crippen LogP contribution in [-0.2, 0) is 32.7 Å². The maximum atomic E-state index is 12.8. The Hall–Kier alpha value is -2.71. The van der Waals surface area contributed by atoms with Gasteiger partial charge in [-0.1, -0.05) is 138 Å². The molecule has 0 saturated heterocycles. The van der Waals surface area contributed by atoms with Crippen LogP contribution >= 0.6 is 7.82 Å². The SMILES string of the molecule is CC/C=C/C/C=C/C/C=C/C/C=C/C/C=C/CCCC(=O)OC[C@@H](COP(=O)(O)OC1C(O)C(O)C(O)[C@H](O)C1O)OC(=O)CCCCCCCCC/C=C/CCCCCC. The van der Waals surface area contributed by atoms with Crippen molar-refractivity contribution in [3.05, 3.63) is 72.9 Å². The van der Waals surface area contributed by atoms with Crippen molar-refractivity contribution in [1.82, 2.24) is 0 Å². The highest BCUT2D eigenvalue weighted by molar-refractivity contribution is 7.47. The van der Waals surface area contributed by atoms with E-state index in [1.807, 2.05) is 12.2 Å². The lowest BCUT2D eigenvalue weighted by atomic mass is 9.85. The molecule has 1 rings (SSSR count). The predicted molar refractivity (Wildman–Crippen MR) is 239 cm³/mol. The smallest absolute Gasteiger partial charge is 0.462 e. The monoisotopic (exact) mass is 883 g/mol. The summed E-state index contributed by atoms with van der Waals surface area (Å²) in [5, 5.41) is 50.1. The first-order valence-electron chi connectivity index (χ1n) is 22.7. The van der Waals surface area contributed by atoms with Gasteiger partial charge in [-0.2, -0.15) is 0 Å². The highest BCUT2D eigenvalue weighted by atomic mass is 31.2. The lowest BCUT2D eigenvalue weighted by Crippen LogP contribution is -2.64. The lowest BCUT2D eigenvalue weighted by Gasteiger charge is -2.41. The van der Waals surface area contributed by atoms with Gasteiger partial charge in [-0.25, -0.2) is 4.57 Å². The highest BCUT2D eigenvalue weighted by Gasteiger charge is 2.51. The van der Waals surface area contributed by atoms with Gasteiger partial charge in [0, 0.05) is 12.8 Å². The van der Waals surface area contributed by atoms with Crippen molar-refractivity contribution in [1.29, 1.82) is 0 Å². The largest absolute Gasteiger partial charge is 0.472 e. The minimum absolute atomic E-state index is 0.0760. The summed E-state index contributed by atoms with van der Waals surface area (Å²) in [5.41, 5.74) is 0. The maximum Gasteiger partial charge on any atom is 0.472 e. The second-order valence-electron chi connectivity index (χ2n) is 15.5. The molecule has 1 aliphatic carbocycles. The van der Waals surface area contributed by atoms with Crippen molar-refractivity contribution < 1.29 is 63.1 Å². The Balaban J connectivity index is 2.52. The van der Waals surface area contributed by atoms with Gasteiger partial charge in [0.15, 0.2) is 6.10 Å². The van der Waals surface area contributed by atoms with E-state index in [4.69, 9.17) is 18.5 Å². The van der Waals surface area contributed by atoms with Gasteiger partial charge in [0.25, 0.3) is 0 Å². The predicted octanol–water partition coefficient (Wildman–Crippen LogP) is 8.72. The molecule has 350 valence electrons. The number of carbonyl (C=O) groups is 2. The van der Waals surface area contributed by atoms with Gasteiger partial charge in [-0.15, -0.1) is 0 Å². The number of hydrogen-bond donors (Lipinski definition) is 6. The molecular formula is C47H79O13P. The summed E-state index contributed by atoms with van der Waals surface area (Å²) in [5.74, 6) is -1.18. The third-order valence-corrected chi connectivity index (χ3v) is 11.0. The number of ether oxygens (including phenoxy) is 2. The van der Waals surface area contributed by atoms with E-state index in [1.54, 1.807) is 0 Å². The molecule has 0 spiro atoms. The molecule has 0 aromatic heterocycles. The minimum atomic E-state index is -5.13. The minimum Gasteiger partial charge on any atom is -0.462 e. The Morgan fingerprint density at radius 3 is 1.49 bits per heavy atom. The molecule has 0 aliphatic heterocycles. The molecule has 8 atom stereocenters. The number of aliphatic hydroxyl groups is 5. The van der Waals surface area contributed by atoms with Crippen molar-refractivity contribution in [3.8, 4) is 0 Å². The number of phosphoric acid groups is 1. The molecule has 0 aromatic carbocycles. The zero-order valence-electron chi connectivity index (χ0n) is 36.9. The van der Waals surface area contributed by atoms with Gasteiger partial charge in [0.1, 0.15) is 43.2 Å². The van der Waals surface area contributed by atoms with Crippen LogP contribution in [0.15, 0.2) is 72.9 Å². The summed E-state index contributed by atoms with van der Waals surface area (Å²) in [4.78, 5) is 35.7. The Labute approximate surface area is 365 Å². The number of esters is 2. The van der Waals surface area contributed by atoms with Gasteiger partial charge in [0.2, 0.25) is 0 Å². The third-order valence-electron chi connectivity index (χ3n) is 10.0. The Kier molecular flexibility index (Phi) is 33.9. The molecule has 0 aromatic rings. The molecule has 1 fully saturated rings. The van der Waals surface area contributed by atoms with E-state index >= 15 is 0 Å². The number of phosphoric ester groups is 1. The Morgan fingerprint density at radius 2 is 0.951 bits per heavy atom. The first-order valence-corrected chi connectivity index (χ1v) is 24.2. The Bertz CT molecular complexity index is 1340. The summed E-state index contributed by atoms with van der Waals surface area (Å²) < 4.78 is 33.4. The molecule has 0 heterocycles. The standard InChI is InChI=1S/C47H79O13P/c1-3-5-7-9-11-13-15-17-19-20-22-23-25-27-29-31-33-35-40(48)57-37-39(38-58-61(55,56)60-47-45(53)43(51)42(50)44(52)46(47)54)59-41(49)36-34-32-30-28-26-24-21-18-16-14-12-10-8-6-4-2/h5,7,11,13-14,16-17,19,22-23,27,29,39,42-47,50-54H,3-4,6,8-10,12,15,18,20-21,24-26,28,30-38H2,1-2H3,(H,55,56)/b7-5+,13-11+,16-14+,19-17+,23-22+,29-27+/t39-,42?,43-,44?,45?,46?,47?/m0/s1. The van der Waals surface area contributed by atoms with Gasteiger partial charge < -0.3 is 39.9 Å². The van der Waals surface area contributed by atoms with Crippen LogP contribution in [0.1, 0.15) is 155 Å². The van der Waals surface area contributed by atoms with Gasteiger partial charge >= 0.3 is 19.8 Å². The first-order chi connectivity index (χ1) is 29.4. The summed E-state index contributed by atoms with van der Waals surface area (Å²) in [6, 6.07) is 0. The van der Waals surface area contributed by atoms with Crippen molar-refractivity contribution in [3.63, 3.8) is 0 Å². The van der Waals surface area contributed by atoms with Crippen LogP contribution in [0, 0.1) is 0 Å². The van der Waals surface area contributed by atoms with Crippen molar-refractivity contribution in [2.75, 3.05) is 13.2 Å². The van der Waals surface area contributed by atoms with Crippen molar-refractivity contribution in [2.24, 2.45) is 0 Å². The topological polar surface area (TPSA) is 210 Å². The van der Waals surface area contributed by atoms with Crippen LogP contribution in [-0.4, -0.2) is 98.3 Å². The van der Waals surface area contributed by atoms with Gasteiger partial charge in [-0.3, -0.25) is 18.6 Å². The fraction of sp³-hybridized carbons (Fsp3) is 0.702. The quantitative estimate of drug-likeness (QED) is 0.0151. The van der Waals surface area contributed by atoms with E-state index in [2.05, 4.69) is 74.6 Å². The second-order valence-corrected chi connectivity index (χ2v) is 16.9. The molecule has 13 nitrogen and oxygen atoms in total. The van der Waals surface area contributed by atoms with Crippen LogP contribution in [0.25, 0.3) is 0 Å². The highest BCUT2D eigenvalue weighted by Crippen LogP contribution is 2.47. The molecule has 1 saturated carbocycles. The summed E-state index contributed by atoms with van der Waals surface area (Å²) in [6.07, 6.45) is 32.5. The number of allylic oxidation sites excluding steroid dienone is 12. The van der Waals surface area contributed by atoms with E-state index in [0.717, 1.165) is 83.5 Å². The second kappa shape index (κ2) is 36.7. The van der Waals surface area contributed by atoms with Gasteiger partial charge in [-0.05, 0) is 77.0 Å². The average Bonchev–Trinajstić information content (AvgIpc) is 3.24. The number of hydrogen-bond acceptors (Lipinski definition) is 12. The normalized spacial score (nSPS) is 22.7. The molecule has 61 heavy (non-hydrogen) atoms. The van der Waals surface area contributed by atoms with Crippen LogP contribution in [0.4, 0.5) is 0 Å². The molecule has 0 bridgehead atoms. The molecule has 6 unspecified atom stereocenters. The van der Waals surface area contributed by atoms with E-state index < -0.39 is 75.7 Å². The third kappa shape index (κ3) is 29.3. The van der Waals surface area contributed by atoms with Crippen LogP contribution < -0.4 is 0 Å². The molecular weight excluding hydrogens is 803 g/mol. The summed E-state index contributed by atoms with van der Waals surface area (Å²) in [7, 11) is -5.13. The van der Waals surface area contributed by atoms with Crippen molar-refractivity contribution in [2.45, 2.75) is 198 Å². The maximum absolute atomic E-state index is 12.8. The fourth-order valence-corrected chi connectivity index (χ4v) is 7.35. The number of unbranched alkanes of at least 4 members (excludes halogenated alkanes) is 12. The summed E-state index contributed by atoms with van der Waals surface area (Å²) >= 11 is 0. The molecule has 6 N–H and O–H groups in total. The van der Waals surface area contributed by atoms with E-state index in [-0.39, 0.29) is 12.8 Å². The molecule has 0 amide bonds. The van der Waals surface area contributed by atoms with E-state index in [1.165, 1.54) is 25.7 Å². The number of aliphatic hydroxyl groups excluding tert-OH is 5. The molecule has 1 aliphatic rings. The number of rotatable bonds is 36. The molecule has 0 radical (unpaired) electrons. The average molecular weight is 883 g/mol. The fourth-order valence-electron chi connectivity index (χ4n) is 6.37. The van der Waals surface area contributed by atoms with E-state index in [9.17, 15) is 44.6 Å². The molecule has 14 heteroatoms. The van der Waals surface area contributed by atoms with Crippen LogP contribution in [0.2, 0.25) is 0 Å². The first kappa shape index (κ1) is 56.3. The van der Waals surface area contributed by atoms with Crippen LogP contribution in [0.5, 0.6) is 0 Å². The zero-order chi connectivity index (χ0) is 45.0. The lowest BCUT2D eigenvalue weighted by molar-refractivity contribution is -0.220. The van der Waals surface area contributed by atoms with Crippen LogP contribution in [0.3, 0.4) is 0 Å². The van der Waals surface area contributed by atoms with E-state index in [0.29, 0.717) is 19.3 Å². The van der Waals surface area contributed by atoms with Crippen molar-refractivity contribution >= 4 is 19.8 Å². The zero-order valence-corrected chi connectivity index (χ0v) is 37.8. The Morgan fingerprint density at radius 1 is 0.525 bits per heavy atom.